The number of thiophene rings is 1. The quantitative estimate of drug-likeness (QED) is 0.406. The number of rotatable bonds is 8. The number of aliphatic imine (C=N–C) groups is 1. The molecule has 1 atom stereocenters. The highest BCUT2D eigenvalue weighted by molar-refractivity contribution is 7.12. The van der Waals surface area contributed by atoms with Crippen molar-refractivity contribution < 1.29 is 4.74 Å². The van der Waals surface area contributed by atoms with Crippen molar-refractivity contribution in [2.75, 3.05) is 46.4 Å². The van der Waals surface area contributed by atoms with Crippen LogP contribution in [0, 0.1) is 6.92 Å². The Morgan fingerprint density at radius 3 is 2.61 bits per heavy atom. The van der Waals surface area contributed by atoms with Crippen LogP contribution in [0.4, 0.5) is 0 Å². The molecule has 6 heteroatoms. The molecule has 1 aromatic heterocycles. The van der Waals surface area contributed by atoms with Crippen molar-refractivity contribution in [2.24, 2.45) is 4.99 Å². The fourth-order valence-electron chi connectivity index (χ4n) is 3.49. The molecule has 1 aliphatic heterocycles. The van der Waals surface area contributed by atoms with Crippen LogP contribution in [0.1, 0.15) is 27.8 Å². The zero-order valence-electron chi connectivity index (χ0n) is 17.0. The van der Waals surface area contributed by atoms with Gasteiger partial charge in [0, 0.05) is 43.0 Å². The Morgan fingerprint density at radius 2 is 1.93 bits per heavy atom. The van der Waals surface area contributed by atoms with Crippen molar-refractivity contribution in [3.05, 3.63) is 57.8 Å². The average Bonchev–Trinajstić information content (AvgIpc) is 3.17. The highest BCUT2D eigenvalue weighted by atomic mass is 32.1. The fourth-order valence-corrected chi connectivity index (χ4v) is 4.50. The first kappa shape index (κ1) is 20.8. The lowest BCUT2D eigenvalue weighted by atomic mass is 10.1. The van der Waals surface area contributed by atoms with Gasteiger partial charge in [-0.3, -0.25) is 9.89 Å². The Balaban J connectivity index is 1.49. The number of guanidine groups is 1. The molecule has 1 fully saturated rings. The van der Waals surface area contributed by atoms with Gasteiger partial charge in [-0.2, -0.15) is 0 Å². The molecule has 1 aromatic carbocycles. The minimum atomic E-state index is 0.352. The van der Waals surface area contributed by atoms with Gasteiger partial charge in [0.1, 0.15) is 0 Å². The molecule has 0 radical (unpaired) electrons. The van der Waals surface area contributed by atoms with Crippen molar-refractivity contribution in [2.45, 2.75) is 25.8 Å². The monoisotopic (exact) mass is 400 g/mol. The summed E-state index contributed by atoms with van der Waals surface area (Å²) in [7, 11) is 1.84. The fraction of sp³-hybridized carbons (Fsp3) is 0.500. The van der Waals surface area contributed by atoms with E-state index in [9.17, 15) is 0 Å². The smallest absolute Gasteiger partial charge is 0.191 e. The molecule has 2 aromatic rings. The first-order chi connectivity index (χ1) is 13.8. The molecule has 0 spiro atoms. The second-order valence-corrected chi connectivity index (χ2v) is 8.40. The number of nitrogens with one attached hydrogen (secondary N) is 2. The number of benzene rings is 1. The van der Waals surface area contributed by atoms with E-state index in [1.54, 1.807) is 0 Å². The maximum absolute atomic E-state index is 5.54. The number of hydrogen-bond donors (Lipinski definition) is 2. The molecule has 3 rings (SSSR count). The maximum Gasteiger partial charge on any atom is 0.191 e. The third-order valence-electron chi connectivity index (χ3n) is 5.04. The molecule has 0 bridgehead atoms. The van der Waals surface area contributed by atoms with Crippen LogP contribution in [-0.4, -0.2) is 57.3 Å². The number of nitrogens with zero attached hydrogens (tertiary/aromatic N) is 2. The number of hydrogen-bond acceptors (Lipinski definition) is 4. The summed E-state index contributed by atoms with van der Waals surface area (Å²) in [6, 6.07) is 15.5. The summed E-state index contributed by atoms with van der Waals surface area (Å²) < 4.78 is 5.54. The van der Waals surface area contributed by atoms with Gasteiger partial charge in [-0.1, -0.05) is 30.3 Å². The van der Waals surface area contributed by atoms with E-state index in [0.717, 1.165) is 58.2 Å². The summed E-state index contributed by atoms with van der Waals surface area (Å²) in [5.74, 6) is 0.875. The van der Waals surface area contributed by atoms with E-state index >= 15 is 0 Å². The van der Waals surface area contributed by atoms with Crippen LogP contribution in [0.3, 0.4) is 0 Å². The molecule has 2 heterocycles. The molecule has 5 nitrogen and oxygen atoms in total. The maximum atomic E-state index is 5.54. The summed E-state index contributed by atoms with van der Waals surface area (Å²) in [4.78, 5) is 9.69. The van der Waals surface area contributed by atoms with Crippen molar-refractivity contribution in [3.63, 3.8) is 0 Å². The Kier molecular flexibility index (Phi) is 8.33. The van der Waals surface area contributed by atoms with E-state index in [-0.39, 0.29) is 0 Å². The summed E-state index contributed by atoms with van der Waals surface area (Å²) in [6.07, 6.45) is 2.16. The summed E-state index contributed by atoms with van der Waals surface area (Å²) in [5, 5.41) is 6.99. The largest absolute Gasteiger partial charge is 0.379 e. The van der Waals surface area contributed by atoms with Gasteiger partial charge in [0.2, 0.25) is 0 Å². The summed E-state index contributed by atoms with van der Waals surface area (Å²) >= 11 is 1.89. The molecule has 1 unspecified atom stereocenters. The molecular formula is C22H32N4OS. The van der Waals surface area contributed by atoms with E-state index in [0.29, 0.717) is 6.04 Å². The van der Waals surface area contributed by atoms with Crippen molar-refractivity contribution >= 4 is 17.3 Å². The van der Waals surface area contributed by atoms with Crippen LogP contribution in [0.2, 0.25) is 0 Å². The van der Waals surface area contributed by atoms with Gasteiger partial charge in [-0.25, -0.2) is 0 Å². The van der Waals surface area contributed by atoms with Crippen molar-refractivity contribution in [3.8, 4) is 0 Å². The van der Waals surface area contributed by atoms with Gasteiger partial charge < -0.3 is 15.4 Å². The Bertz CT molecular complexity index is 725. The lowest BCUT2D eigenvalue weighted by Gasteiger charge is -2.34. The Morgan fingerprint density at radius 1 is 1.14 bits per heavy atom. The molecule has 0 aliphatic carbocycles. The number of ether oxygens (including phenoxy) is 1. The van der Waals surface area contributed by atoms with Crippen molar-refractivity contribution in [1.29, 1.82) is 0 Å². The van der Waals surface area contributed by atoms with E-state index in [2.05, 4.69) is 69.9 Å². The van der Waals surface area contributed by atoms with Crippen LogP contribution in [0.5, 0.6) is 0 Å². The highest BCUT2D eigenvalue weighted by Gasteiger charge is 2.24. The topological polar surface area (TPSA) is 48.9 Å². The van der Waals surface area contributed by atoms with E-state index in [1.165, 1.54) is 15.3 Å². The predicted molar refractivity (Wildman–Crippen MR) is 118 cm³/mol. The van der Waals surface area contributed by atoms with Crippen LogP contribution in [-0.2, 0) is 11.2 Å². The lowest BCUT2D eigenvalue weighted by molar-refractivity contribution is 0.0177. The molecule has 0 saturated carbocycles. The van der Waals surface area contributed by atoms with Gasteiger partial charge >= 0.3 is 0 Å². The first-order valence-electron chi connectivity index (χ1n) is 10.1. The summed E-state index contributed by atoms with van der Waals surface area (Å²) in [6.45, 7) is 7.51. The molecule has 2 N–H and O–H groups in total. The normalized spacial score (nSPS) is 16.7. The molecular weight excluding hydrogens is 368 g/mol. The summed E-state index contributed by atoms with van der Waals surface area (Å²) in [5.41, 5.74) is 1.38. The van der Waals surface area contributed by atoms with E-state index in [1.807, 2.05) is 18.4 Å². The van der Waals surface area contributed by atoms with Gasteiger partial charge in [0.25, 0.3) is 0 Å². The second kappa shape index (κ2) is 11.2. The van der Waals surface area contributed by atoms with E-state index < -0.39 is 0 Å². The van der Waals surface area contributed by atoms with Gasteiger partial charge in [-0.05, 0) is 37.5 Å². The molecule has 1 aliphatic rings. The highest BCUT2D eigenvalue weighted by Crippen LogP contribution is 2.27. The molecule has 0 amide bonds. The SMILES string of the molecule is CN=C(NCCCc1ccccc1)NCC(c1ccc(C)s1)N1CCOCC1. The van der Waals surface area contributed by atoms with Crippen LogP contribution < -0.4 is 10.6 Å². The minimum absolute atomic E-state index is 0.352. The van der Waals surface area contributed by atoms with Crippen LogP contribution in [0.25, 0.3) is 0 Å². The molecule has 28 heavy (non-hydrogen) atoms. The predicted octanol–water partition coefficient (Wildman–Crippen LogP) is 3.23. The average molecular weight is 401 g/mol. The number of morpholine rings is 1. The lowest BCUT2D eigenvalue weighted by Crippen LogP contribution is -2.46. The second-order valence-electron chi connectivity index (χ2n) is 7.08. The Labute approximate surface area is 172 Å². The van der Waals surface area contributed by atoms with Crippen LogP contribution in [0.15, 0.2) is 47.5 Å². The van der Waals surface area contributed by atoms with Crippen LogP contribution >= 0.6 is 11.3 Å². The Hall–Kier alpha value is -1.89. The third kappa shape index (κ3) is 6.33. The van der Waals surface area contributed by atoms with Gasteiger partial charge in [0.05, 0.1) is 19.3 Å². The van der Waals surface area contributed by atoms with Crippen molar-refractivity contribution in [1.82, 2.24) is 15.5 Å². The first-order valence-corrected chi connectivity index (χ1v) is 10.9. The van der Waals surface area contributed by atoms with Gasteiger partial charge in [0.15, 0.2) is 5.96 Å². The van der Waals surface area contributed by atoms with E-state index in [4.69, 9.17) is 4.74 Å². The third-order valence-corrected chi connectivity index (χ3v) is 6.14. The zero-order valence-corrected chi connectivity index (χ0v) is 17.8. The molecule has 152 valence electrons. The standard InChI is InChI=1S/C22H32N4OS/c1-18-10-11-21(28-18)20(26-13-15-27-16-14-26)17-25-22(23-2)24-12-6-9-19-7-4-3-5-8-19/h3-5,7-8,10-11,20H,6,9,12-17H2,1-2H3,(H2,23,24,25). The number of aryl methyl sites for hydroxylation is 2. The minimum Gasteiger partial charge on any atom is -0.379 e. The molecule has 1 saturated heterocycles. The zero-order chi connectivity index (χ0) is 19.6. The van der Waals surface area contributed by atoms with Gasteiger partial charge in [-0.15, -0.1) is 11.3 Å².